The number of thioether (sulfide) groups is 1. The molecule has 2 saturated heterocycles. The molecule has 0 saturated carbocycles. The van der Waals surface area contributed by atoms with Crippen LogP contribution in [0.1, 0.15) is 32.6 Å². The molecule has 1 spiro atoms. The van der Waals surface area contributed by atoms with Crippen LogP contribution in [0, 0.1) is 11.3 Å². The largest absolute Gasteiger partial charge is 0.497 e. The molecule has 2 aliphatic rings. The van der Waals surface area contributed by atoms with Crippen LogP contribution in [0.3, 0.4) is 0 Å². The number of hydrogen-bond acceptors (Lipinski definition) is 6. The number of methoxy groups -OCH3 is 1. The third-order valence-electron chi connectivity index (χ3n) is 8.84. The fraction of sp³-hybridized carbons (Fsp3) is 0.382. The molecular weight excluding hydrogens is 580 g/mol. The molecule has 2 aliphatic heterocycles. The molecule has 7 nitrogen and oxygen atoms in total. The van der Waals surface area contributed by atoms with Crippen molar-refractivity contribution in [2.24, 2.45) is 11.3 Å². The van der Waals surface area contributed by atoms with Crippen LogP contribution in [0.15, 0.2) is 82.7 Å². The van der Waals surface area contributed by atoms with E-state index in [2.05, 4.69) is 28.9 Å². The number of anilines is 1. The number of para-hydroxylation sites is 1. The maximum atomic E-state index is 13.5. The van der Waals surface area contributed by atoms with E-state index in [1.54, 1.807) is 41.6 Å². The number of ether oxygens (including phenoxy) is 1. The number of rotatable bonds is 9. The van der Waals surface area contributed by atoms with E-state index in [4.69, 9.17) is 21.3 Å². The molecule has 9 heteroatoms. The number of fused-ring (bicyclic) bond motifs is 1. The minimum absolute atomic E-state index is 0.112. The Morgan fingerprint density at radius 2 is 1.81 bits per heavy atom. The highest BCUT2D eigenvalue weighted by Gasteiger charge is 2.44. The Balaban J connectivity index is 1.05. The lowest BCUT2D eigenvalue weighted by atomic mass is 9.86. The molecule has 1 aromatic heterocycles. The fourth-order valence-electron chi connectivity index (χ4n) is 6.36. The second kappa shape index (κ2) is 12.6. The third kappa shape index (κ3) is 6.41. The summed E-state index contributed by atoms with van der Waals surface area (Å²) < 4.78 is 6.95. The van der Waals surface area contributed by atoms with Crippen molar-refractivity contribution in [2.45, 2.75) is 37.8 Å². The number of likely N-dealkylation sites (tertiary alicyclic amines) is 1. The summed E-state index contributed by atoms with van der Waals surface area (Å²) in [4.78, 5) is 36.2. The van der Waals surface area contributed by atoms with Crippen molar-refractivity contribution in [2.75, 3.05) is 43.9 Å². The zero-order chi connectivity index (χ0) is 30.0. The van der Waals surface area contributed by atoms with Crippen molar-refractivity contribution in [3.8, 4) is 11.4 Å². The zero-order valence-corrected chi connectivity index (χ0v) is 26.2. The van der Waals surface area contributed by atoms with Crippen molar-refractivity contribution in [3.05, 3.63) is 88.2 Å². The number of carbonyl (C=O) groups excluding carboxylic acids is 1. The van der Waals surface area contributed by atoms with Crippen molar-refractivity contribution < 1.29 is 9.53 Å². The van der Waals surface area contributed by atoms with Crippen LogP contribution < -0.4 is 15.2 Å². The summed E-state index contributed by atoms with van der Waals surface area (Å²) in [7, 11) is 1.69. The van der Waals surface area contributed by atoms with Gasteiger partial charge >= 0.3 is 0 Å². The molecule has 2 atom stereocenters. The summed E-state index contributed by atoms with van der Waals surface area (Å²) in [5.41, 5.74) is 2.66. The van der Waals surface area contributed by atoms with Gasteiger partial charge in [0.15, 0.2) is 5.16 Å². The van der Waals surface area contributed by atoms with Gasteiger partial charge in [-0.3, -0.25) is 14.2 Å². The maximum Gasteiger partial charge on any atom is 0.266 e. The van der Waals surface area contributed by atoms with E-state index < -0.39 is 0 Å². The van der Waals surface area contributed by atoms with Crippen LogP contribution >= 0.6 is 23.4 Å². The average molecular weight is 617 g/mol. The highest BCUT2D eigenvalue weighted by Crippen LogP contribution is 2.41. The molecule has 2 fully saturated rings. The van der Waals surface area contributed by atoms with Crippen LogP contribution in [0.25, 0.3) is 16.6 Å². The first-order valence-corrected chi connectivity index (χ1v) is 16.3. The van der Waals surface area contributed by atoms with Gasteiger partial charge in [-0.05, 0) is 79.8 Å². The minimum atomic E-state index is -0.112. The lowest BCUT2D eigenvalue weighted by Crippen LogP contribution is -2.34. The molecule has 2 unspecified atom stereocenters. The first-order valence-electron chi connectivity index (χ1n) is 14.9. The van der Waals surface area contributed by atoms with Crippen LogP contribution in [0.4, 0.5) is 5.69 Å². The van der Waals surface area contributed by atoms with Gasteiger partial charge in [0.25, 0.3) is 5.56 Å². The van der Waals surface area contributed by atoms with Crippen LogP contribution in [-0.2, 0) is 4.79 Å². The molecule has 43 heavy (non-hydrogen) atoms. The Kier molecular flexibility index (Phi) is 8.68. The summed E-state index contributed by atoms with van der Waals surface area (Å²) >= 11 is 7.82. The van der Waals surface area contributed by atoms with Crippen molar-refractivity contribution in [1.29, 1.82) is 0 Å². The first kappa shape index (κ1) is 29.6. The van der Waals surface area contributed by atoms with E-state index in [0.717, 1.165) is 56.9 Å². The van der Waals surface area contributed by atoms with E-state index in [-0.39, 0.29) is 22.8 Å². The van der Waals surface area contributed by atoms with Crippen LogP contribution in [0.5, 0.6) is 5.75 Å². The number of aromatic nitrogens is 2. The number of halogens is 1. The molecule has 0 bridgehead atoms. The van der Waals surface area contributed by atoms with E-state index in [9.17, 15) is 9.59 Å². The molecule has 224 valence electrons. The Morgan fingerprint density at radius 1 is 1.02 bits per heavy atom. The smallest absolute Gasteiger partial charge is 0.266 e. The summed E-state index contributed by atoms with van der Waals surface area (Å²) in [6.45, 7) is 5.83. The number of benzene rings is 3. The van der Waals surface area contributed by atoms with E-state index in [0.29, 0.717) is 33.2 Å². The molecule has 3 aromatic carbocycles. The normalized spacial score (nSPS) is 19.0. The van der Waals surface area contributed by atoms with E-state index >= 15 is 0 Å². The van der Waals surface area contributed by atoms with Crippen molar-refractivity contribution in [3.63, 3.8) is 0 Å². The van der Waals surface area contributed by atoms with Gasteiger partial charge in [0.05, 0.1) is 23.7 Å². The van der Waals surface area contributed by atoms with Gasteiger partial charge in [-0.1, -0.05) is 48.5 Å². The molecule has 0 radical (unpaired) electrons. The molecule has 6 rings (SSSR count). The van der Waals surface area contributed by atoms with Crippen LogP contribution in [0.2, 0.25) is 5.02 Å². The summed E-state index contributed by atoms with van der Waals surface area (Å²) in [5.74, 6) is 2.09. The predicted octanol–water partition coefficient (Wildman–Crippen LogP) is 6.69. The maximum absolute atomic E-state index is 13.5. The molecular formula is C34H37ClN4O3S. The fourth-order valence-corrected chi connectivity index (χ4v) is 7.73. The number of carbonyl (C=O) groups is 1. The van der Waals surface area contributed by atoms with Crippen molar-refractivity contribution >= 4 is 45.9 Å². The van der Waals surface area contributed by atoms with Gasteiger partial charge in [-0.25, -0.2) is 4.98 Å². The third-order valence-corrected chi connectivity index (χ3v) is 10.1. The van der Waals surface area contributed by atoms with Gasteiger partial charge in [-0.15, -0.1) is 0 Å². The van der Waals surface area contributed by atoms with E-state index in [1.165, 1.54) is 5.69 Å². The summed E-state index contributed by atoms with van der Waals surface area (Å²) in [5, 5.41) is 1.77. The molecule has 3 heterocycles. The quantitative estimate of drug-likeness (QED) is 0.154. The lowest BCUT2D eigenvalue weighted by molar-refractivity contribution is -0.131. The standard InChI is InChI=1S/C34H37ClN4O3S/c1-24(20-31(40)38-18-16-34(23-38)15-17-37(22-34)26-10-12-28(42-2)13-11-26)14-19-43-33-36-30-9-4-3-8-29(30)32(41)39(33)27-7-5-6-25(35)21-27/h3-13,21,24H,14-20,22-23H2,1-2H3. The number of amides is 1. The lowest BCUT2D eigenvalue weighted by Gasteiger charge is -2.26. The molecule has 4 aromatic rings. The van der Waals surface area contributed by atoms with Gasteiger partial charge in [-0.2, -0.15) is 0 Å². The Morgan fingerprint density at radius 3 is 2.60 bits per heavy atom. The SMILES string of the molecule is COc1ccc(N2CCC3(CCN(C(=O)CC(C)CCSc4nc5ccccc5c(=O)n4-c4cccc(Cl)c4)C3)C2)cc1. The van der Waals surface area contributed by atoms with Crippen LogP contribution in [-0.4, -0.2) is 59.4 Å². The number of hydrogen-bond donors (Lipinski definition) is 0. The monoisotopic (exact) mass is 616 g/mol. The minimum Gasteiger partial charge on any atom is -0.497 e. The second-order valence-electron chi connectivity index (χ2n) is 11.9. The topological polar surface area (TPSA) is 67.7 Å². The molecule has 0 N–H and O–H groups in total. The van der Waals surface area contributed by atoms with Gasteiger partial charge in [0, 0.05) is 54.5 Å². The Hall–Kier alpha value is -3.49. The summed E-state index contributed by atoms with van der Waals surface area (Å²) in [6.07, 6.45) is 3.55. The Bertz CT molecular complexity index is 1680. The van der Waals surface area contributed by atoms with Crippen molar-refractivity contribution in [1.82, 2.24) is 14.5 Å². The summed E-state index contributed by atoms with van der Waals surface area (Å²) in [6, 6.07) is 23.0. The first-order chi connectivity index (χ1) is 20.8. The average Bonchev–Trinajstić information content (AvgIpc) is 3.64. The van der Waals surface area contributed by atoms with Gasteiger partial charge < -0.3 is 14.5 Å². The second-order valence-corrected chi connectivity index (χ2v) is 13.4. The Labute approximate surface area is 261 Å². The molecule has 1 amide bonds. The predicted molar refractivity (Wildman–Crippen MR) is 175 cm³/mol. The van der Waals surface area contributed by atoms with Gasteiger partial charge in [0.1, 0.15) is 5.75 Å². The van der Waals surface area contributed by atoms with E-state index in [1.807, 2.05) is 42.5 Å². The molecule has 0 aliphatic carbocycles. The van der Waals surface area contributed by atoms with Gasteiger partial charge in [0.2, 0.25) is 5.91 Å². The highest BCUT2D eigenvalue weighted by atomic mass is 35.5. The number of nitrogens with zero attached hydrogens (tertiary/aromatic N) is 4. The zero-order valence-electron chi connectivity index (χ0n) is 24.7. The highest BCUT2D eigenvalue weighted by molar-refractivity contribution is 7.99.